The van der Waals surface area contributed by atoms with Crippen LogP contribution in [0.25, 0.3) is 0 Å². The van der Waals surface area contributed by atoms with Crippen LogP contribution in [0.15, 0.2) is 0 Å². The number of aliphatic carboxylic acids is 1. The number of unbranched alkanes of at least 4 members (excludes halogenated alkanes) is 1. The largest absolute Gasteiger partial charge is 0.479 e. The molecule has 0 aliphatic carbocycles. The zero-order valence-electron chi connectivity index (χ0n) is 9.39. The van der Waals surface area contributed by atoms with Crippen molar-refractivity contribution < 1.29 is 25.2 Å². The van der Waals surface area contributed by atoms with Crippen LogP contribution in [0.4, 0.5) is 0 Å². The summed E-state index contributed by atoms with van der Waals surface area (Å²) in [6.45, 7) is 3.39. The summed E-state index contributed by atoms with van der Waals surface area (Å²) in [5.74, 6) is -1.19. The van der Waals surface area contributed by atoms with E-state index in [0.29, 0.717) is 6.42 Å². The standard InChI is InChI=1S/C7H16O2.C3H6O3/c1-2-3-4-7(9)5-6-8;1-2(4)3(5)6/h7-9H,2-6H2,1H3;2,4H,1H3,(H,5,6). The second-order valence-electron chi connectivity index (χ2n) is 3.32. The van der Waals surface area contributed by atoms with Gasteiger partial charge in [-0.15, -0.1) is 0 Å². The van der Waals surface area contributed by atoms with Gasteiger partial charge in [-0.25, -0.2) is 4.79 Å². The minimum Gasteiger partial charge on any atom is -0.479 e. The monoisotopic (exact) mass is 222 g/mol. The van der Waals surface area contributed by atoms with E-state index in [0.717, 1.165) is 19.3 Å². The van der Waals surface area contributed by atoms with Gasteiger partial charge >= 0.3 is 5.97 Å². The average molecular weight is 222 g/mol. The molecule has 2 unspecified atom stereocenters. The summed E-state index contributed by atoms with van der Waals surface area (Å²) in [6, 6.07) is 0. The molecule has 0 aromatic carbocycles. The third-order valence-electron chi connectivity index (χ3n) is 1.71. The van der Waals surface area contributed by atoms with E-state index < -0.39 is 12.1 Å². The Morgan fingerprint density at radius 3 is 2.00 bits per heavy atom. The maximum absolute atomic E-state index is 9.45. The van der Waals surface area contributed by atoms with Crippen molar-refractivity contribution in [1.82, 2.24) is 0 Å². The van der Waals surface area contributed by atoms with E-state index >= 15 is 0 Å². The summed E-state index contributed by atoms with van der Waals surface area (Å²) in [5, 5.41) is 33.2. The summed E-state index contributed by atoms with van der Waals surface area (Å²) >= 11 is 0. The molecule has 0 radical (unpaired) electrons. The molecule has 0 amide bonds. The first-order valence-corrected chi connectivity index (χ1v) is 5.15. The quantitative estimate of drug-likeness (QED) is 0.520. The minimum atomic E-state index is -1.23. The summed E-state index contributed by atoms with van der Waals surface area (Å²) in [5.41, 5.74) is 0. The molecule has 0 spiro atoms. The molecule has 0 saturated carbocycles. The third kappa shape index (κ3) is 16.1. The lowest BCUT2D eigenvalue weighted by Gasteiger charge is -2.05. The van der Waals surface area contributed by atoms with Crippen LogP contribution >= 0.6 is 0 Å². The summed E-state index contributed by atoms with van der Waals surface area (Å²) in [7, 11) is 0. The van der Waals surface area contributed by atoms with Crippen molar-refractivity contribution in [2.75, 3.05) is 6.61 Å². The fourth-order valence-corrected chi connectivity index (χ4v) is 0.733. The van der Waals surface area contributed by atoms with Crippen molar-refractivity contribution in [3.63, 3.8) is 0 Å². The van der Waals surface area contributed by atoms with E-state index in [2.05, 4.69) is 6.92 Å². The lowest BCUT2D eigenvalue weighted by molar-refractivity contribution is -0.145. The second-order valence-corrected chi connectivity index (χ2v) is 3.32. The molecule has 0 saturated heterocycles. The van der Waals surface area contributed by atoms with Crippen LogP contribution in [0.3, 0.4) is 0 Å². The number of hydrogen-bond donors (Lipinski definition) is 4. The van der Waals surface area contributed by atoms with Gasteiger partial charge in [-0.3, -0.25) is 0 Å². The summed E-state index contributed by atoms with van der Waals surface area (Å²) in [4.78, 5) is 9.45. The second kappa shape index (κ2) is 11.4. The molecule has 0 rings (SSSR count). The number of hydrogen-bond acceptors (Lipinski definition) is 4. The van der Waals surface area contributed by atoms with Gasteiger partial charge in [0.05, 0.1) is 6.10 Å². The molecule has 15 heavy (non-hydrogen) atoms. The number of carbonyl (C=O) groups is 1. The number of aliphatic hydroxyl groups is 3. The van der Waals surface area contributed by atoms with Gasteiger partial charge in [-0.2, -0.15) is 0 Å². The van der Waals surface area contributed by atoms with Crippen LogP contribution in [-0.2, 0) is 4.79 Å². The van der Waals surface area contributed by atoms with Gasteiger partial charge in [0.1, 0.15) is 6.10 Å². The van der Waals surface area contributed by atoms with Crippen molar-refractivity contribution in [2.45, 2.75) is 51.7 Å². The molecule has 0 aromatic heterocycles. The van der Waals surface area contributed by atoms with Crippen molar-refractivity contribution in [3.05, 3.63) is 0 Å². The Labute approximate surface area is 90.4 Å². The number of carboxylic acids is 1. The van der Waals surface area contributed by atoms with Crippen molar-refractivity contribution in [1.29, 1.82) is 0 Å². The van der Waals surface area contributed by atoms with Crippen LogP contribution < -0.4 is 0 Å². The predicted octanol–water partition coefficient (Wildman–Crippen LogP) is 0.372. The molecular weight excluding hydrogens is 200 g/mol. The van der Waals surface area contributed by atoms with Gasteiger partial charge in [-0.1, -0.05) is 19.8 Å². The summed E-state index contributed by atoms with van der Waals surface area (Å²) < 4.78 is 0. The smallest absolute Gasteiger partial charge is 0.332 e. The van der Waals surface area contributed by atoms with Crippen LogP contribution in [0.1, 0.15) is 39.5 Å². The highest BCUT2D eigenvalue weighted by atomic mass is 16.4. The third-order valence-corrected chi connectivity index (χ3v) is 1.71. The Bertz CT molecular complexity index is 147. The molecule has 0 bridgehead atoms. The van der Waals surface area contributed by atoms with Gasteiger partial charge < -0.3 is 20.4 Å². The maximum atomic E-state index is 9.45. The van der Waals surface area contributed by atoms with Crippen LogP contribution in [0.2, 0.25) is 0 Å². The fourth-order valence-electron chi connectivity index (χ4n) is 0.733. The van der Waals surface area contributed by atoms with Crippen LogP contribution in [0, 0.1) is 0 Å². The lowest BCUT2D eigenvalue weighted by atomic mass is 10.1. The molecule has 0 aromatic rings. The van der Waals surface area contributed by atoms with Gasteiger partial charge in [-0.05, 0) is 19.8 Å². The molecule has 5 heteroatoms. The SMILES string of the molecule is CC(O)C(=O)O.CCCCC(O)CCO. The maximum Gasteiger partial charge on any atom is 0.332 e. The Morgan fingerprint density at radius 2 is 1.73 bits per heavy atom. The van der Waals surface area contributed by atoms with E-state index in [-0.39, 0.29) is 12.7 Å². The molecule has 0 heterocycles. The van der Waals surface area contributed by atoms with E-state index in [1.54, 1.807) is 0 Å². The first-order chi connectivity index (χ1) is 6.95. The lowest BCUT2D eigenvalue weighted by Crippen LogP contribution is -2.13. The number of aliphatic hydroxyl groups excluding tert-OH is 3. The highest BCUT2D eigenvalue weighted by Gasteiger charge is 2.01. The molecule has 0 aliphatic heterocycles. The predicted molar refractivity (Wildman–Crippen MR) is 56.6 cm³/mol. The average Bonchev–Trinajstić information content (AvgIpc) is 2.16. The molecular formula is C10H22O5. The molecule has 2 atom stereocenters. The summed E-state index contributed by atoms with van der Waals surface area (Å²) in [6.07, 6.45) is 2.01. The molecule has 4 N–H and O–H groups in total. The van der Waals surface area contributed by atoms with Gasteiger partial charge in [0.15, 0.2) is 0 Å². The Hall–Kier alpha value is -0.650. The highest BCUT2D eigenvalue weighted by Crippen LogP contribution is 2.02. The topological polar surface area (TPSA) is 98.0 Å². The fraction of sp³-hybridized carbons (Fsp3) is 0.900. The van der Waals surface area contributed by atoms with Gasteiger partial charge in [0, 0.05) is 6.61 Å². The zero-order valence-corrected chi connectivity index (χ0v) is 9.39. The van der Waals surface area contributed by atoms with E-state index in [4.69, 9.17) is 20.4 Å². The van der Waals surface area contributed by atoms with Crippen molar-refractivity contribution >= 4 is 5.97 Å². The first-order valence-electron chi connectivity index (χ1n) is 5.15. The minimum absolute atomic E-state index is 0.102. The molecule has 5 nitrogen and oxygen atoms in total. The number of rotatable bonds is 6. The van der Waals surface area contributed by atoms with E-state index in [1.165, 1.54) is 6.92 Å². The normalized spacial score (nSPS) is 13.7. The number of carboxylic acid groups (broad SMARTS) is 1. The molecule has 0 fully saturated rings. The first kappa shape index (κ1) is 16.8. The van der Waals surface area contributed by atoms with Crippen molar-refractivity contribution in [3.8, 4) is 0 Å². The molecule has 92 valence electrons. The van der Waals surface area contributed by atoms with Gasteiger partial charge in [0.2, 0.25) is 0 Å². The Balaban J connectivity index is 0. The highest BCUT2D eigenvalue weighted by molar-refractivity contribution is 5.71. The van der Waals surface area contributed by atoms with E-state index in [9.17, 15) is 4.79 Å². The van der Waals surface area contributed by atoms with E-state index in [1.807, 2.05) is 0 Å². The van der Waals surface area contributed by atoms with Crippen LogP contribution in [0.5, 0.6) is 0 Å². The zero-order chi connectivity index (χ0) is 12.3. The van der Waals surface area contributed by atoms with Crippen molar-refractivity contribution in [2.24, 2.45) is 0 Å². The Kier molecular flexibility index (Phi) is 12.8. The van der Waals surface area contributed by atoms with Gasteiger partial charge in [0.25, 0.3) is 0 Å². The Morgan fingerprint density at radius 1 is 1.27 bits per heavy atom. The van der Waals surface area contributed by atoms with Crippen LogP contribution in [-0.4, -0.2) is 45.2 Å². The molecule has 0 aliphatic rings.